The Labute approximate surface area is 258 Å². The summed E-state index contributed by atoms with van der Waals surface area (Å²) in [4.78, 5) is 10.9. The SMILES string of the molecule is CN(CC(O)CNC(C)(C)CC1Cc2ccccc2C1)S(=O)(=O)c1ccc(-c2ccc(CCC(=O)O)cc2Cl)c(Cl)c1. The molecule has 1 aliphatic carbocycles. The molecule has 0 aliphatic heterocycles. The maximum absolute atomic E-state index is 13.3. The number of aryl methyl sites for hydroxylation is 1. The first-order chi connectivity index (χ1) is 19.7. The first kappa shape index (κ1) is 32.5. The van der Waals surface area contributed by atoms with E-state index in [0.29, 0.717) is 28.5 Å². The Morgan fingerprint density at radius 2 is 1.62 bits per heavy atom. The van der Waals surface area contributed by atoms with Crippen LogP contribution in [0.3, 0.4) is 0 Å². The van der Waals surface area contributed by atoms with Crippen molar-refractivity contribution >= 4 is 39.2 Å². The predicted octanol–water partition coefficient (Wildman–Crippen LogP) is 5.83. The summed E-state index contributed by atoms with van der Waals surface area (Å²) in [7, 11) is -2.48. The average molecular weight is 634 g/mol. The maximum Gasteiger partial charge on any atom is 0.303 e. The molecule has 4 rings (SSSR count). The van der Waals surface area contributed by atoms with E-state index < -0.39 is 22.1 Å². The lowest BCUT2D eigenvalue weighted by molar-refractivity contribution is -0.136. The number of likely N-dealkylation sites (N-methyl/N-ethyl adjacent to an activating group) is 1. The second-order valence-corrected chi connectivity index (χ2v) is 14.7. The molecule has 42 heavy (non-hydrogen) atoms. The van der Waals surface area contributed by atoms with Gasteiger partial charge in [-0.3, -0.25) is 4.79 Å². The van der Waals surface area contributed by atoms with E-state index in [1.165, 1.54) is 30.3 Å². The number of hydrogen-bond acceptors (Lipinski definition) is 5. The van der Waals surface area contributed by atoms with Crippen molar-refractivity contribution in [1.82, 2.24) is 9.62 Å². The standard InChI is InChI=1S/C32H38Cl2N2O5S/c1-32(2,18-22-14-23-6-4-5-7-24(23)15-22)35-19-25(37)20-36(3)42(40,41)26-10-12-28(30(34)17-26)27-11-8-21(16-29(27)33)9-13-31(38)39/h4-8,10-12,16-17,22,25,35,37H,9,13-15,18-20H2,1-3H3,(H,38,39). The van der Waals surface area contributed by atoms with Gasteiger partial charge in [-0.15, -0.1) is 0 Å². The zero-order valence-electron chi connectivity index (χ0n) is 24.1. The second-order valence-electron chi connectivity index (χ2n) is 11.8. The van der Waals surface area contributed by atoms with Crippen LogP contribution in [0.5, 0.6) is 0 Å². The molecule has 0 fully saturated rings. The molecule has 0 bridgehead atoms. The summed E-state index contributed by atoms with van der Waals surface area (Å²) in [5.74, 6) is -0.360. The highest BCUT2D eigenvalue weighted by molar-refractivity contribution is 7.89. The topological polar surface area (TPSA) is 107 Å². The lowest BCUT2D eigenvalue weighted by Gasteiger charge is -2.31. The lowest BCUT2D eigenvalue weighted by atomic mass is 9.88. The molecule has 3 N–H and O–H groups in total. The Balaban J connectivity index is 1.34. The third-order valence-electron chi connectivity index (χ3n) is 7.82. The predicted molar refractivity (Wildman–Crippen MR) is 168 cm³/mol. The van der Waals surface area contributed by atoms with E-state index in [-0.39, 0.29) is 35.0 Å². The van der Waals surface area contributed by atoms with E-state index >= 15 is 0 Å². The fraction of sp³-hybridized carbons (Fsp3) is 0.406. The van der Waals surface area contributed by atoms with Gasteiger partial charge in [-0.1, -0.05) is 65.7 Å². The molecule has 0 amide bonds. The summed E-state index contributed by atoms with van der Waals surface area (Å²) in [6.07, 6.45) is 2.49. The smallest absolute Gasteiger partial charge is 0.303 e. The minimum Gasteiger partial charge on any atom is -0.481 e. The number of hydrogen-bond donors (Lipinski definition) is 3. The van der Waals surface area contributed by atoms with Gasteiger partial charge in [-0.25, -0.2) is 8.42 Å². The van der Waals surface area contributed by atoms with Crippen molar-refractivity contribution < 1.29 is 23.4 Å². The maximum atomic E-state index is 13.3. The van der Waals surface area contributed by atoms with Crippen LogP contribution in [0.4, 0.5) is 0 Å². The van der Waals surface area contributed by atoms with Crippen molar-refractivity contribution in [2.75, 3.05) is 20.1 Å². The second kappa shape index (κ2) is 13.5. The van der Waals surface area contributed by atoms with Crippen LogP contribution in [-0.2, 0) is 34.1 Å². The number of carbonyl (C=O) groups is 1. The highest BCUT2D eigenvalue weighted by Gasteiger charge is 2.29. The molecule has 226 valence electrons. The molecular weight excluding hydrogens is 595 g/mol. The molecule has 0 aromatic heterocycles. The molecule has 3 aromatic carbocycles. The molecule has 1 aliphatic rings. The van der Waals surface area contributed by atoms with E-state index in [0.717, 1.165) is 29.1 Å². The van der Waals surface area contributed by atoms with E-state index in [2.05, 4.69) is 43.4 Å². The zero-order valence-corrected chi connectivity index (χ0v) is 26.4. The average Bonchev–Trinajstić information content (AvgIpc) is 3.32. The molecule has 0 saturated carbocycles. The van der Waals surface area contributed by atoms with Crippen LogP contribution >= 0.6 is 23.2 Å². The van der Waals surface area contributed by atoms with Crippen LogP contribution in [0.2, 0.25) is 10.0 Å². The van der Waals surface area contributed by atoms with Gasteiger partial charge in [0.05, 0.1) is 11.0 Å². The number of aliphatic hydroxyl groups is 1. The third kappa shape index (κ3) is 8.13. The number of rotatable bonds is 13. The molecule has 7 nitrogen and oxygen atoms in total. The Bertz CT molecular complexity index is 1520. The Kier molecular flexibility index (Phi) is 10.4. The zero-order chi connectivity index (χ0) is 30.7. The summed E-state index contributed by atoms with van der Waals surface area (Å²) < 4.78 is 27.7. The molecule has 3 aromatic rings. The first-order valence-corrected chi connectivity index (χ1v) is 16.2. The van der Waals surface area contributed by atoms with Crippen LogP contribution in [0.1, 0.15) is 43.4 Å². The van der Waals surface area contributed by atoms with Gasteiger partial charge in [0, 0.05) is 53.3 Å². The van der Waals surface area contributed by atoms with Gasteiger partial charge < -0.3 is 15.5 Å². The molecule has 0 spiro atoms. The number of carboxylic acid groups (broad SMARTS) is 1. The van der Waals surface area contributed by atoms with Gasteiger partial charge >= 0.3 is 5.97 Å². The van der Waals surface area contributed by atoms with Crippen molar-refractivity contribution in [1.29, 1.82) is 0 Å². The summed E-state index contributed by atoms with van der Waals surface area (Å²) in [5.41, 5.74) is 4.56. The largest absolute Gasteiger partial charge is 0.481 e. The van der Waals surface area contributed by atoms with Gasteiger partial charge in [0.15, 0.2) is 0 Å². The highest BCUT2D eigenvalue weighted by atomic mass is 35.5. The van der Waals surface area contributed by atoms with Gasteiger partial charge in [-0.05, 0) is 80.3 Å². The van der Waals surface area contributed by atoms with Gasteiger partial charge in [0.2, 0.25) is 10.0 Å². The molecule has 10 heteroatoms. The van der Waals surface area contributed by atoms with E-state index in [4.69, 9.17) is 28.3 Å². The molecule has 0 heterocycles. The number of carboxylic acids is 1. The van der Waals surface area contributed by atoms with Gasteiger partial charge in [0.1, 0.15) is 0 Å². The van der Waals surface area contributed by atoms with Gasteiger partial charge in [0.25, 0.3) is 0 Å². The third-order valence-corrected chi connectivity index (χ3v) is 10.3. The molecular formula is C32H38Cl2N2O5S. The fourth-order valence-corrected chi connectivity index (χ4v) is 7.57. The number of benzene rings is 3. The number of aliphatic hydroxyl groups excluding tert-OH is 1. The van der Waals surface area contributed by atoms with Gasteiger partial charge in [-0.2, -0.15) is 4.31 Å². The quantitative estimate of drug-likeness (QED) is 0.219. The van der Waals surface area contributed by atoms with Crippen molar-refractivity contribution in [3.8, 4) is 11.1 Å². The normalized spacial score (nSPS) is 14.7. The Morgan fingerprint density at radius 1 is 1.02 bits per heavy atom. The van der Waals surface area contributed by atoms with E-state index in [1.54, 1.807) is 24.3 Å². The summed E-state index contributed by atoms with van der Waals surface area (Å²) in [6.45, 7) is 4.40. The number of halogens is 2. The molecule has 1 atom stereocenters. The highest BCUT2D eigenvalue weighted by Crippen LogP contribution is 2.36. The number of nitrogens with zero attached hydrogens (tertiary/aromatic N) is 1. The number of β-amino-alcohol motifs (C(OH)–C–C–N with tert-alkyl or cyclic N) is 1. The molecule has 1 unspecified atom stereocenters. The Morgan fingerprint density at radius 3 is 2.19 bits per heavy atom. The molecule has 0 radical (unpaired) electrons. The van der Waals surface area contributed by atoms with Crippen molar-refractivity contribution in [2.24, 2.45) is 5.92 Å². The Hall–Kier alpha value is -2.46. The fourth-order valence-electron chi connectivity index (χ4n) is 5.68. The van der Waals surface area contributed by atoms with Crippen LogP contribution in [-0.4, -0.2) is 60.7 Å². The summed E-state index contributed by atoms with van der Waals surface area (Å²) >= 11 is 13.0. The number of nitrogens with one attached hydrogen (secondary N) is 1. The van der Waals surface area contributed by atoms with E-state index in [9.17, 15) is 18.3 Å². The monoisotopic (exact) mass is 632 g/mol. The molecule has 0 saturated heterocycles. The van der Waals surface area contributed by atoms with Crippen molar-refractivity contribution in [2.45, 2.75) is 62.5 Å². The van der Waals surface area contributed by atoms with Crippen molar-refractivity contribution in [3.63, 3.8) is 0 Å². The van der Waals surface area contributed by atoms with Crippen LogP contribution < -0.4 is 5.32 Å². The summed E-state index contributed by atoms with van der Waals surface area (Å²) in [5, 5.41) is 23.7. The van der Waals surface area contributed by atoms with E-state index in [1.807, 2.05) is 0 Å². The van der Waals surface area contributed by atoms with Crippen molar-refractivity contribution in [3.05, 3.63) is 87.4 Å². The number of fused-ring (bicyclic) bond motifs is 1. The number of aliphatic carboxylic acids is 1. The lowest BCUT2D eigenvalue weighted by Crippen LogP contribution is -2.47. The van der Waals surface area contributed by atoms with Crippen LogP contribution in [0.15, 0.2) is 65.6 Å². The first-order valence-electron chi connectivity index (χ1n) is 14.0. The number of sulfonamides is 1. The summed E-state index contributed by atoms with van der Waals surface area (Å²) in [6, 6.07) is 18.2. The van der Waals surface area contributed by atoms with Crippen LogP contribution in [0.25, 0.3) is 11.1 Å². The van der Waals surface area contributed by atoms with Crippen LogP contribution in [0, 0.1) is 5.92 Å². The minimum absolute atomic E-state index is 0.00522. The minimum atomic E-state index is -3.92.